The predicted molar refractivity (Wildman–Crippen MR) is 95.9 cm³/mol. The van der Waals surface area contributed by atoms with Crippen molar-refractivity contribution in [3.63, 3.8) is 0 Å². The molecule has 1 saturated heterocycles. The summed E-state index contributed by atoms with van der Waals surface area (Å²) in [6.07, 6.45) is 5.45. The van der Waals surface area contributed by atoms with E-state index in [1.165, 1.54) is 31.5 Å². The largest absolute Gasteiger partial charge is 0.492 e. The molecule has 6 heteroatoms. The molecule has 1 heterocycles. The Morgan fingerprint density at radius 3 is 2.40 bits per heavy atom. The quantitative estimate of drug-likeness (QED) is 0.606. The molecular formula is C19H27NO5. The number of benzene rings is 1. The molecule has 0 unspecified atom stereocenters. The summed E-state index contributed by atoms with van der Waals surface area (Å²) < 4.78 is 5.93. The third-order valence-corrected chi connectivity index (χ3v) is 4.06. The lowest BCUT2D eigenvalue weighted by molar-refractivity contribution is -0.159. The summed E-state index contributed by atoms with van der Waals surface area (Å²) in [6.45, 7) is 10.4. The van der Waals surface area contributed by atoms with E-state index in [4.69, 9.17) is 24.5 Å². The van der Waals surface area contributed by atoms with E-state index >= 15 is 0 Å². The van der Waals surface area contributed by atoms with Gasteiger partial charge in [-0.1, -0.05) is 31.2 Å². The second-order valence-electron chi connectivity index (χ2n) is 6.08. The number of aliphatic carboxylic acids is 2. The van der Waals surface area contributed by atoms with Crippen molar-refractivity contribution in [1.82, 2.24) is 4.90 Å². The SMILES string of the molecule is C=CCc1ccccc1OCCN1CCC(C)CC1.O=C(O)C(=O)O. The molecule has 0 aliphatic carbocycles. The van der Waals surface area contributed by atoms with Crippen molar-refractivity contribution in [2.24, 2.45) is 5.92 Å². The summed E-state index contributed by atoms with van der Waals surface area (Å²) in [5.41, 5.74) is 1.23. The first-order valence-electron chi connectivity index (χ1n) is 8.44. The highest BCUT2D eigenvalue weighted by Crippen LogP contribution is 2.19. The summed E-state index contributed by atoms with van der Waals surface area (Å²) in [5, 5.41) is 14.8. The molecule has 2 rings (SSSR count). The number of ether oxygens (including phenoxy) is 1. The normalized spacial score (nSPS) is 14.9. The molecule has 25 heavy (non-hydrogen) atoms. The Morgan fingerprint density at radius 2 is 1.84 bits per heavy atom. The Hall–Kier alpha value is -2.34. The number of para-hydroxylation sites is 1. The molecule has 0 aromatic heterocycles. The summed E-state index contributed by atoms with van der Waals surface area (Å²) >= 11 is 0. The first kappa shape index (κ1) is 20.7. The van der Waals surface area contributed by atoms with Crippen molar-refractivity contribution in [3.8, 4) is 5.75 Å². The Bertz CT molecular complexity index is 553. The lowest BCUT2D eigenvalue weighted by Gasteiger charge is -2.30. The number of nitrogens with zero attached hydrogens (tertiary/aromatic N) is 1. The lowest BCUT2D eigenvalue weighted by atomic mass is 9.99. The molecule has 0 radical (unpaired) electrons. The van der Waals surface area contributed by atoms with Crippen molar-refractivity contribution in [2.75, 3.05) is 26.2 Å². The van der Waals surface area contributed by atoms with Crippen LogP contribution in [0.2, 0.25) is 0 Å². The number of carboxylic acid groups (broad SMARTS) is 2. The molecule has 6 nitrogen and oxygen atoms in total. The molecule has 0 atom stereocenters. The Labute approximate surface area is 148 Å². The maximum absolute atomic E-state index is 9.10. The third-order valence-electron chi connectivity index (χ3n) is 4.06. The van der Waals surface area contributed by atoms with Crippen LogP contribution in [0.1, 0.15) is 25.3 Å². The highest BCUT2D eigenvalue weighted by atomic mass is 16.5. The van der Waals surface area contributed by atoms with Crippen LogP contribution in [0.4, 0.5) is 0 Å². The minimum atomic E-state index is -1.82. The van der Waals surface area contributed by atoms with Gasteiger partial charge in [0, 0.05) is 6.54 Å². The van der Waals surface area contributed by atoms with Gasteiger partial charge < -0.3 is 14.9 Å². The molecule has 1 aliphatic rings. The van der Waals surface area contributed by atoms with E-state index < -0.39 is 11.9 Å². The zero-order valence-electron chi connectivity index (χ0n) is 14.7. The number of allylic oxidation sites excluding steroid dienone is 1. The van der Waals surface area contributed by atoms with Crippen LogP contribution >= 0.6 is 0 Å². The average molecular weight is 349 g/mol. The molecule has 0 amide bonds. The van der Waals surface area contributed by atoms with Crippen molar-refractivity contribution in [1.29, 1.82) is 0 Å². The fraction of sp³-hybridized carbons (Fsp3) is 0.474. The van der Waals surface area contributed by atoms with Gasteiger partial charge in [-0.3, -0.25) is 4.90 Å². The topological polar surface area (TPSA) is 87.1 Å². The van der Waals surface area contributed by atoms with Crippen LogP contribution in [-0.4, -0.2) is 53.3 Å². The summed E-state index contributed by atoms with van der Waals surface area (Å²) in [4.78, 5) is 20.7. The van der Waals surface area contributed by atoms with Gasteiger partial charge in [0.25, 0.3) is 0 Å². The van der Waals surface area contributed by atoms with Gasteiger partial charge in [-0.05, 0) is 49.9 Å². The number of rotatable bonds is 6. The van der Waals surface area contributed by atoms with E-state index in [0.29, 0.717) is 0 Å². The minimum absolute atomic E-state index is 0.780. The van der Waals surface area contributed by atoms with Crippen LogP contribution < -0.4 is 4.74 Å². The van der Waals surface area contributed by atoms with E-state index in [9.17, 15) is 0 Å². The minimum Gasteiger partial charge on any atom is -0.492 e. The van der Waals surface area contributed by atoms with Crippen LogP contribution in [0.5, 0.6) is 5.75 Å². The zero-order valence-corrected chi connectivity index (χ0v) is 14.7. The van der Waals surface area contributed by atoms with E-state index in [0.717, 1.165) is 31.2 Å². The van der Waals surface area contributed by atoms with Gasteiger partial charge in [-0.2, -0.15) is 0 Å². The molecule has 0 spiro atoms. The number of likely N-dealkylation sites (tertiary alicyclic amines) is 1. The Balaban J connectivity index is 0.000000450. The first-order chi connectivity index (χ1) is 11.9. The summed E-state index contributed by atoms with van der Waals surface area (Å²) in [6, 6.07) is 8.25. The van der Waals surface area contributed by atoms with Crippen LogP contribution in [0.15, 0.2) is 36.9 Å². The average Bonchev–Trinajstić information content (AvgIpc) is 2.59. The Kier molecular flexibility index (Phi) is 9.32. The predicted octanol–water partition coefficient (Wildman–Crippen LogP) is 2.68. The second-order valence-corrected chi connectivity index (χ2v) is 6.08. The highest BCUT2D eigenvalue weighted by Gasteiger charge is 2.15. The van der Waals surface area contributed by atoms with Gasteiger partial charge in [0.1, 0.15) is 12.4 Å². The smallest absolute Gasteiger partial charge is 0.414 e. The fourth-order valence-corrected chi connectivity index (χ4v) is 2.54. The number of carbonyl (C=O) groups is 2. The standard InChI is InChI=1S/C17H25NO.C2H2O4/c1-3-6-16-7-4-5-8-17(16)19-14-13-18-11-9-15(2)10-12-18;3-1(4)2(5)6/h3-5,7-8,15H,1,6,9-14H2,2H3;(H,3,4)(H,5,6). The molecule has 0 bridgehead atoms. The monoisotopic (exact) mass is 349 g/mol. The lowest BCUT2D eigenvalue weighted by Crippen LogP contribution is -2.35. The van der Waals surface area contributed by atoms with Crippen molar-refractivity contribution >= 4 is 11.9 Å². The van der Waals surface area contributed by atoms with Gasteiger partial charge >= 0.3 is 11.9 Å². The van der Waals surface area contributed by atoms with E-state index in [1.807, 2.05) is 12.1 Å². The van der Waals surface area contributed by atoms with Crippen molar-refractivity contribution in [2.45, 2.75) is 26.2 Å². The van der Waals surface area contributed by atoms with E-state index in [-0.39, 0.29) is 0 Å². The molecule has 1 aromatic carbocycles. The van der Waals surface area contributed by atoms with Gasteiger partial charge in [0.2, 0.25) is 0 Å². The number of hydrogen-bond acceptors (Lipinski definition) is 4. The van der Waals surface area contributed by atoms with Gasteiger partial charge in [-0.25, -0.2) is 9.59 Å². The summed E-state index contributed by atoms with van der Waals surface area (Å²) in [7, 11) is 0. The van der Waals surface area contributed by atoms with Gasteiger partial charge in [0.05, 0.1) is 0 Å². The molecule has 1 aliphatic heterocycles. The second kappa shape index (κ2) is 11.3. The fourth-order valence-electron chi connectivity index (χ4n) is 2.54. The number of carboxylic acids is 2. The van der Waals surface area contributed by atoms with Crippen LogP contribution in [-0.2, 0) is 16.0 Å². The first-order valence-corrected chi connectivity index (χ1v) is 8.44. The molecule has 138 valence electrons. The number of hydrogen-bond donors (Lipinski definition) is 2. The van der Waals surface area contributed by atoms with Crippen molar-refractivity contribution < 1.29 is 24.5 Å². The maximum atomic E-state index is 9.10. The van der Waals surface area contributed by atoms with Crippen LogP contribution in [0, 0.1) is 5.92 Å². The summed E-state index contributed by atoms with van der Waals surface area (Å²) in [5.74, 6) is -1.75. The van der Waals surface area contributed by atoms with E-state index in [2.05, 4.69) is 36.6 Å². The van der Waals surface area contributed by atoms with E-state index in [1.54, 1.807) is 0 Å². The van der Waals surface area contributed by atoms with Crippen LogP contribution in [0.25, 0.3) is 0 Å². The van der Waals surface area contributed by atoms with Gasteiger partial charge in [0.15, 0.2) is 0 Å². The molecule has 0 saturated carbocycles. The molecular weight excluding hydrogens is 322 g/mol. The molecule has 1 aromatic rings. The third kappa shape index (κ3) is 8.35. The molecule has 1 fully saturated rings. The maximum Gasteiger partial charge on any atom is 0.414 e. The zero-order chi connectivity index (χ0) is 18.7. The van der Waals surface area contributed by atoms with Crippen molar-refractivity contribution in [3.05, 3.63) is 42.5 Å². The molecule has 2 N–H and O–H groups in total. The Morgan fingerprint density at radius 1 is 1.24 bits per heavy atom. The highest BCUT2D eigenvalue weighted by molar-refractivity contribution is 6.27. The van der Waals surface area contributed by atoms with Gasteiger partial charge in [-0.15, -0.1) is 6.58 Å². The number of piperidine rings is 1. The van der Waals surface area contributed by atoms with Crippen LogP contribution in [0.3, 0.4) is 0 Å².